The Morgan fingerprint density at radius 1 is 1.36 bits per heavy atom. The Morgan fingerprint density at radius 2 is 2.14 bits per heavy atom. The van der Waals surface area contributed by atoms with Crippen LogP contribution in [0.1, 0.15) is 56.6 Å². The number of guanidine groups is 1. The number of hydrogen-bond donors (Lipinski definition) is 2. The van der Waals surface area contributed by atoms with E-state index in [0.29, 0.717) is 12.6 Å². The number of nitrogens with one attached hydrogen (secondary N) is 2. The van der Waals surface area contributed by atoms with Gasteiger partial charge in [-0.25, -0.2) is 4.99 Å². The second-order valence-corrected chi connectivity index (χ2v) is 7.73. The van der Waals surface area contributed by atoms with Gasteiger partial charge in [-0.05, 0) is 39.0 Å². The Labute approximate surface area is 185 Å². The third-order valence-electron chi connectivity index (χ3n) is 5.73. The van der Waals surface area contributed by atoms with Crippen LogP contribution in [0.3, 0.4) is 0 Å². The zero-order valence-corrected chi connectivity index (χ0v) is 19.7. The fourth-order valence-electron chi connectivity index (χ4n) is 4.03. The number of aliphatic imine (C=N–C) groups is 1. The minimum absolute atomic E-state index is 0. The van der Waals surface area contributed by atoms with E-state index >= 15 is 0 Å². The van der Waals surface area contributed by atoms with Crippen LogP contribution in [0.2, 0.25) is 0 Å². The molecule has 2 heterocycles. The first-order chi connectivity index (χ1) is 13.1. The molecule has 0 aromatic carbocycles. The molecule has 1 aliphatic heterocycles. The summed E-state index contributed by atoms with van der Waals surface area (Å²) in [6.45, 7) is 4.85. The highest BCUT2D eigenvalue weighted by Gasteiger charge is 2.40. The number of methoxy groups -OCH3 is 1. The first-order valence-corrected chi connectivity index (χ1v) is 10.1. The van der Waals surface area contributed by atoms with Crippen molar-refractivity contribution in [3.8, 4) is 0 Å². The van der Waals surface area contributed by atoms with Crippen molar-refractivity contribution in [1.29, 1.82) is 0 Å². The first-order valence-electron chi connectivity index (χ1n) is 10.1. The molecule has 1 saturated heterocycles. The number of hydrogen-bond acceptors (Lipinski definition) is 5. The summed E-state index contributed by atoms with van der Waals surface area (Å²) in [5.41, 5.74) is 0.0950. The second kappa shape index (κ2) is 11.3. The van der Waals surface area contributed by atoms with E-state index in [4.69, 9.17) is 14.5 Å². The van der Waals surface area contributed by atoms with Crippen LogP contribution in [-0.4, -0.2) is 59.2 Å². The fraction of sp³-hybridized carbons (Fsp3) is 0.842. The van der Waals surface area contributed by atoms with Gasteiger partial charge in [0.15, 0.2) is 11.8 Å². The monoisotopic (exact) mass is 506 g/mol. The number of nitrogens with zero attached hydrogens (tertiary/aromatic N) is 4. The molecule has 8 nitrogen and oxygen atoms in total. The summed E-state index contributed by atoms with van der Waals surface area (Å²) in [6.07, 6.45) is 7.98. The molecule has 2 aliphatic rings. The van der Waals surface area contributed by atoms with E-state index in [1.165, 1.54) is 25.7 Å². The number of rotatable bonds is 7. The van der Waals surface area contributed by atoms with Crippen LogP contribution in [0, 0.1) is 6.92 Å². The van der Waals surface area contributed by atoms with Crippen molar-refractivity contribution in [2.45, 2.75) is 70.1 Å². The first kappa shape index (κ1) is 23.3. The third-order valence-corrected chi connectivity index (χ3v) is 5.73. The van der Waals surface area contributed by atoms with Crippen LogP contribution in [0.5, 0.6) is 0 Å². The molecule has 2 fully saturated rings. The van der Waals surface area contributed by atoms with Gasteiger partial charge in [0, 0.05) is 40.0 Å². The lowest BCUT2D eigenvalue weighted by Gasteiger charge is -2.39. The van der Waals surface area contributed by atoms with E-state index in [1.54, 1.807) is 7.11 Å². The molecular weight excluding hydrogens is 471 g/mol. The molecule has 1 unspecified atom stereocenters. The van der Waals surface area contributed by atoms with E-state index in [0.717, 1.165) is 56.6 Å². The molecule has 1 spiro atoms. The van der Waals surface area contributed by atoms with Crippen LogP contribution in [-0.2, 0) is 23.1 Å². The molecule has 2 N–H and O–H groups in total. The van der Waals surface area contributed by atoms with E-state index < -0.39 is 0 Å². The average molecular weight is 506 g/mol. The summed E-state index contributed by atoms with van der Waals surface area (Å²) in [4.78, 5) is 4.76. The van der Waals surface area contributed by atoms with Crippen LogP contribution in [0.4, 0.5) is 0 Å². The number of halogens is 1. The molecule has 0 radical (unpaired) electrons. The topological polar surface area (TPSA) is 85.6 Å². The molecule has 1 atom stereocenters. The van der Waals surface area contributed by atoms with Gasteiger partial charge < -0.3 is 24.7 Å². The Balaban J connectivity index is 0.00000280. The summed E-state index contributed by atoms with van der Waals surface area (Å²) in [5, 5.41) is 15.4. The number of aromatic nitrogens is 3. The summed E-state index contributed by atoms with van der Waals surface area (Å²) >= 11 is 0. The Morgan fingerprint density at radius 3 is 2.82 bits per heavy atom. The summed E-state index contributed by atoms with van der Waals surface area (Å²) in [6, 6.07) is 0.395. The Kier molecular flexibility index (Phi) is 9.42. The summed E-state index contributed by atoms with van der Waals surface area (Å²) < 4.78 is 13.3. The lowest BCUT2D eigenvalue weighted by Crippen LogP contribution is -2.50. The van der Waals surface area contributed by atoms with Crippen molar-refractivity contribution in [2.24, 2.45) is 12.0 Å². The zero-order valence-electron chi connectivity index (χ0n) is 17.4. The van der Waals surface area contributed by atoms with Crippen molar-refractivity contribution >= 4 is 29.9 Å². The van der Waals surface area contributed by atoms with Crippen molar-refractivity contribution in [1.82, 2.24) is 25.4 Å². The minimum atomic E-state index is 0. The van der Waals surface area contributed by atoms with Gasteiger partial charge in [-0.3, -0.25) is 0 Å². The molecule has 160 valence electrons. The minimum Gasteiger partial charge on any atom is -0.385 e. The summed E-state index contributed by atoms with van der Waals surface area (Å²) in [7, 11) is 3.70. The van der Waals surface area contributed by atoms with Crippen molar-refractivity contribution < 1.29 is 9.47 Å². The Bertz CT molecular complexity index is 630. The van der Waals surface area contributed by atoms with Gasteiger partial charge in [0.25, 0.3) is 0 Å². The maximum Gasteiger partial charge on any atom is 0.191 e. The highest BCUT2D eigenvalue weighted by Crippen LogP contribution is 2.39. The lowest BCUT2D eigenvalue weighted by atomic mass is 9.89. The molecule has 1 saturated carbocycles. The molecule has 28 heavy (non-hydrogen) atoms. The van der Waals surface area contributed by atoms with Gasteiger partial charge in [-0.15, -0.1) is 34.2 Å². The normalized spacial score (nSPS) is 21.5. The van der Waals surface area contributed by atoms with Gasteiger partial charge >= 0.3 is 0 Å². The van der Waals surface area contributed by atoms with E-state index in [9.17, 15) is 0 Å². The fourth-order valence-corrected chi connectivity index (χ4v) is 4.03. The largest absolute Gasteiger partial charge is 0.385 e. The van der Waals surface area contributed by atoms with Gasteiger partial charge in [0.2, 0.25) is 0 Å². The standard InChI is InChI=1S/C19H34N6O2.HI/c1-15-23-24-17(25(15)2)14-21-18(20-10-6-11-26-3)22-16-7-12-27-19(13-16)8-4-5-9-19;/h16H,4-14H2,1-3H3,(H2,20,21,22);1H. The molecule has 0 bridgehead atoms. The molecule has 1 aromatic heterocycles. The second-order valence-electron chi connectivity index (χ2n) is 7.73. The van der Waals surface area contributed by atoms with E-state index in [1.807, 2.05) is 18.5 Å². The van der Waals surface area contributed by atoms with Gasteiger partial charge in [-0.2, -0.15) is 0 Å². The van der Waals surface area contributed by atoms with Crippen molar-refractivity contribution in [2.75, 3.05) is 26.9 Å². The van der Waals surface area contributed by atoms with E-state index in [2.05, 4.69) is 20.8 Å². The van der Waals surface area contributed by atoms with Crippen LogP contribution >= 0.6 is 24.0 Å². The lowest BCUT2D eigenvalue weighted by molar-refractivity contribution is -0.0815. The number of ether oxygens (including phenoxy) is 2. The molecular formula is C19H35IN6O2. The van der Waals surface area contributed by atoms with Crippen LogP contribution < -0.4 is 10.6 Å². The molecule has 1 aromatic rings. The maximum absolute atomic E-state index is 6.16. The smallest absolute Gasteiger partial charge is 0.191 e. The van der Waals surface area contributed by atoms with Crippen LogP contribution in [0.15, 0.2) is 4.99 Å². The zero-order chi connectivity index (χ0) is 19.1. The average Bonchev–Trinajstić information content (AvgIpc) is 3.24. The molecule has 9 heteroatoms. The van der Waals surface area contributed by atoms with Gasteiger partial charge in [0.1, 0.15) is 12.4 Å². The number of aryl methyl sites for hydroxylation is 1. The SMILES string of the molecule is COCCCNC(=NCc1nnc(C)n1C)NC1CCOC2(CCCC2)C1.I. The van der Waals surface area contributed by atoms with E-state index in [-0.39, 0.29) is 29.6 Å². The quantitative estimate of drug-likeness (QED) is 0.256. The predicted molar refractivity (Wildman–Crippen MR) is 120 cm³/mol. The van der Waals surface area contributed by atoms with Gasteiger partial charge in [-0.1, -0.05) is 12.8 Å². The van der Waals surface area contributed by atoms with Gasteiger partial charge in [0.05, 0.1) is 5.60 Å². The summed E-state index contributed by atoms with van der Waals surface area (Å²) in [5.74, 6) is 2.60. The predicted octanol–water partition coefficient (Wildman–Crippen LogP) is 2.31. The highest BCUT2D eigenvalue weighted by molar-refractivity contribution is 14.0. The third kappa shape index (κ3) is 6.28. The Hall–Kier alpha value is -0.940. The maximum atomic E-state index is 6.16. The molecule has 3 rings (SSSR count). The van der Waals surface area contributed by atoms with Crippen LogP contribution in [0.25, 0.3) is 0 Å². The molecule has 1 aliphatic carbocycles. The van der Waals surface area contributed by atoms with Crippen molar-refractivity contribution in [3.05, 3.63) is 11.6 Å². The molecule has 0 amide bonds. The van der Waals surface area contributed by atoms with Crippen molar-refractivity contribution in [3.63, 3.8) is 0 Å². The highest BCUT2D eigenvalue weighted by atomic mass is 127.